The van der Waals surface area contributed by atoms with E-state index in [1.54, 1.807) is 0 Å². The van der Waals surface area contributed by atoms with Crippen molar-refractivity contribution in [2.45, 2.75) is 38.0 Å². The monoisotopic (exact) mass is 285 g/mol. The van der Waals surface area contributed by atoms with Crippen LogP contribution >= 0.6 is 0 Å². The van der Waals surface area contributed by atoms with Gasteiger partial charge in [-0.2, -0.15) is 0 Å². The first-order valence-corrected chi connectivity index (χ1v) is 8.09. The van der Waals surface area contributed by atoms with Crippen LogP contribution in [0.25, 0.3) is 0 Å². The largest absolute Gasteiger partial charge is 0.381 e. The Kier molecular flexibility index (Phi) is 2.90. The second kappa shape index (κ2) is 4.57. The Labute approximate surface area is 126 Å². The maximum atomic E-state index is 13.2. The summed E-state index contributed by atoms with van der Waals surface area (Å²) in [7, 11) is 0. The molecule has 4 rings (SSSR count). The van der Waals surface area contributed by atoms with Crippen molar-refractivity contribution in [2.24, 2.45) is 5.41 Å². The number of hydrogen-bond acceptors (Lipinski definition) is 2. The van der Waals surface area contributed by atoms with Crippen LogP contribution < -0.4 is 0 Å². The zero-order valence-electron chi connectivity index (χ0n) is 12.7. The lowest BCUT2D eigenvalue weighted by molar-refractivity contribution is -0.149. The molecule has 1 aromatic rings. The van der Waals surface area contributed by atoms with Crippen LogP contribution in [0.4, 0.5) is 0 Å². The number of hydrogen-bond donors (Lipinski definition) is 0. The van der Waals surface area contributed by atoms with E-state index >= 15 is 0 Å². The Morgan fingerprint density at radius 3 is 2.38 bits per heavy atom. The van der Waals surface area contributed by atoms with Crippen molar-refractivity contribution in [1.82, 2.24) is 4.90 Å². The van der Waals surface area contributed by atoms with Gasteiger partial charge in [-0.3, -0.25) is 4.79 Å². The van der Waals surface area contributed by atoms with Crippen molar-refractivity contribution in [1.29, 1.82) is 0 Å². The summed E-state index contributed by atoms with van der Waals surface area (Å²) in [4.78, 5) is 15.3. The highest BCUT2D eigenvalue weighted by molar-refractivity contribution is 5.89. The van der Waals surface area contributed by atoms with E-state index in [9.17, 15) is 4.79 Å². The van der Waals surface area contributed by atoms with Gasteiger partial charge in [0.05, 0.1) is 5.41 Å². The van der Waals surface area contributed by atoms with Crippen LogP contribution in [0, 0.1) is 12.3 Å². The third-order valence-electron chi connectivity index (χ3n) is 5.71. The molecule has 112 valence electrons. The number of carbonyl (C=O) groups is 1. The van der Waals surface area contributed by atoms with Crippen molar-refractivity contribution in [3.8, 4) is 0 Å². The summed E-state index contributed by atoms with van der Waals surface area (Å²) in [5.74, 6) is 0.345. The lowest BCUT2D eigenvalue weighted by Crippen LogP contribution is -2.59. The van der Waals surface area contributed by atoms with Gasteiger partial charge >= 0.3 is 0 Å². The molecule has 1 amide bonds. The van der Waals surface area contributed by atoms with E-state index in [2.05, 4.69) is 36.1 Å². The molecule has 0 unspecified atom stereocenters. The molecule has 0 atom stereocenters. The van der Waals surface area contributed by atoms with Crippen molar-refractivity contribution in [3.05, 3.63) is 35.4 Å². The maximum absolute atomic E-state index is 13.2. The molecule has 0 radical (unpaired) electrons. The summed E-state index contributed by atoms with van der Waals surface area (Å²) in [5, 5.41) is 0. The van der Waals surface area contributed by atoms with E-state index in [0.717, 1.165) is 25.9 Å². The van der Waals surface area contributed by atoms with Crippen LogP contribution in [0.15, 0.2) is 24.3 Å². The summed E-state index contributed by atoms with van der Waals surface area (Å²) < 4.78 is 5.55. The Bertz CT molecular complexity index is 562. The van der Waals surface area contributed by atoms with Crippen LogP contribution in [0.3, 0.4) is 0 Å². The SMILES string of the molecule is Cc1ccccc1C1(C(=O)N2CC3(CC3)C2)CCOCC1. The third kappa shape index (κ3) is 2.02. The molecule has 1 saturated carbocycles. The van der Waals surface area contributed by atoms with E-state index in [4.69, 9.17) is 4.74 Å². The van der Waals surface area contributed by atoms with Crippen molar-refractivity contribution < 1.29 is 9.53 Å². The third-order valence-corrected chi connectivity index (χ3v) is 5.71. The smallest absolute Gasteiger partial charge is 0.233 e. The molecular weight excluding hydrogens is 262 g/mol. The molecule has 2 saturated heterocycles. The molecule has 3 heteroatoms. The van der Waals surface area contributed by atoms with Crippen LogP contribution in [0.2, 0.25) is 0 Å². The van der Waals surface area contributed by atoms with Gasteiger partial charge in [-0.15, -0.1) is 0 Å². The summed E-state index contributed by atoms with van der Waals surface area (Å²) in [6.07, 6.45) is 4.27. The van der Waals surface area contributed by atoms with Gasteiger partial charge in [-0.25, -0.2) is 0 Å². The lowest BCUT2D eigenvalue weighted by atomic mass is 9.70. The van der Waals surface area contributed by atoms with Gasteiger partial charge in [0.25, 0.3) is 0 Å². The number of carbonyl (C=O) groups excluding carboxylic acids is 1. The summed E-state index contributed by atoms with van der Waals surface area (Å²) in [5.41, 5.74) is 2.62. The first-order valence-electron chi connectivity index (χ1n) is 8.09. The predicted octanol–water partition coefficient (Wildman–Crippen LogP) is 2.67. The van der Waals surface area contributed by atoms with Crippen LogP contribution in [0.5, 0.6) is 0 Å². The lowest BCUT2D eigenvalue weighted by Gasteiger charge is -2.47. The summed E-state index contributed by atoms with van der Waals surface area (Å²) in [6.45, 7) is 5.48. The molecule has 3 aliphatic rings. The molecule has 3 nitrogen and oxygen atoms in total. The molecule has 1 aliphatic carbocycles. The Morgan fingerprint density at radius 1 is 1.10 bits per heavy atom. The van der Waals surface area contributed by atoms with Gasteiger partial charge < -0.3 is 9.64 Å². The topological polar surface area (TPSA) is 29.5 Å². The van der Waals surface area contributed by atoms with Crippen molar-refractivity contribution in [2.75, 3.05) is 26.3 Å². The fraction of sp³-hybridized carbons (Fsp3) is 0.611. The number of amides is 1. The minimum Gasteiger partial charge on any atom is -0.381 e. The maximum Gasteiger partial charge on any atom is 0.233 e. The zero-order chi connectivity index (χ0) is 14.5. The minimum atomic E-state index is -0.347. The normalized spacial score (nSPS) is 25.5. The Morgan fingerprint density at radius 2 is 1.76 bits per heavy atom. The quantitative estimate of drug-likeness (QED) is 0.836. The molecule has 2 aliphatic heterocycles. The number of rotatable bonds is 2. The first kappa shape index (κ1) is 13.3. The van der Waals surface area contributed by atoms with Gasteiger partial charge in [-0.1, -0.05) is 24.3 Å². The number of aryl methyl sites for hydroxylation is 1. The summed E-state index contributed by atoms with van der Waals surface area (Å²) in [6, 6.07) is 8.38. The van der Waals surface area contributed by atoms with Crippen LogP contribution in [0.1, 0.15) is 36.8 Å². The minimum absolute atomic E-state index is 0.345. The van der Waals surface area contributed by atoms with Gasteiger partial charge in [-0.05, 0) is 43.7 Å². The fourth-order valence-electron chi connectivity index (χ4n) is 4.13. The highest BCUT2D eigenvalue weighted by atomic mass is 16.5. The Hall–Kier alpha value is -1.35. The van der Waals surface area contributed by atoms with E-state index in [0.29, 0.717) is 24.5 Å². The van der Waals surface area contributed by atoms with Crippen molar-refractivity contribution in [3.63, 3.8) is 0 Å². The fourth-order valence-corrected chi connectivity index (χ4v) is 4.13. The number of nitrogens with zero attached hydrogens (tertiary/aromatic N) is 1. The molecule has 1 aromatic carbocycles. The van der Waals surface area contributed by atoms with Crippen LogP contribution in [-0.2, 0) is 14.9 Å². The van der Waals surface area contributed by atoms with E-state index in [-0.39, 0.29) is 5.41 Å². The Balaban J connectivity index is 1.67. The zero-order valence-corrected chi connectivity index (χ0v) is 12.7. The molecule has 21 heavy (non-hydrogen) atoms. The summed E-state index contributed by atoms with van der Waals surface area (Å²) >= 11 is 0. The molecule has 2 heterocycles. The second-order valence-electron chi connectivity index (χ2n) is 7.17. The van der Waals surface area contributed by atoms with E-state index in [1.807, 2.05) is 0 Å². The van der Waals surface area contributed by atoms with E-state index < -0.39 is 0 Å². The molecule has 1 spiro atoms. The molecular formula is C18H23NO2. The van der Waals surface area contributed by atoms with Gasteiger partial charge in [0.1, 0.15) is 0 Å². The van der Waals surface area contributed by atoms with Gasteiger partial charge in [0, 0.05) is 31.7 Å². The van der Waals surface area contributed by atoms with E-state index in [1.165, 1.54) is 24.0 Å². The molecule has 3 fully saturated rings. The number of ether oxygens (including phenoxy) is 1. The number of benzene rings is 1. The van der Waals surface area contributed by atoms with Gasteiger partial charge in [0.2, 0.25) is 5.91 Å². The molecule has 0 bridgehead atoms. The van der Waals surface area contributed by atoms with Gasteiger partial charge in [0.15, 0.2) is 0 Å². The van der Waals surface area contributed by atoms with Crippen molar-refractivity contribution >= 4 is 5.91 Å². The molecule has 0 aromatic heterocycles. The average Bonchev–Trinajstić information content (AvgIpc) is 3.27. The number of likely N-dealkylation sites (tertiary alicyclic amines) is 1. The predicted molar refractivity (Wildman–Crippen MR) is 81.2 cm³/mol. The first-order chi connectivity index (χ1) is 10.2. The average molecular weight is 285 g/mol. The van der Waals surface area contributed by atoms with Crippen LogP contribution in [-0.4, -0.2) is 37.1 Å². The highest BCUT2D eigenvalue weighted by Gasteiger charge is 2.57. The highest BCUT2D eigenvalue weighted by Crippen LogP contribution is 2.54. The standard InChI is InChI=1S/C18H23NO2/c1-14-4-2-3-5-15(14)18(8-10-21-11-9-18)16(20)19-12-17(13-19)6-7-17/h2-5H,6-13H2,1H3. The second-order valence-corrected chi connectivity index (χ2v) is 7.17. The molecule has 0 N–H and O–H groups in total.